The number of amides is 3. The average Bonchev–Trinajstić information content (AvgIpc) is 3.45. The Balaban J connectivity index is 1.48. The van der Waals surface area contributed by atoms with Crippen molar-refractivity contribution < 1.29 is 28.8 Å². The molecule has 11 nitrogen and oxygen atoms in total. The summed E-state index contributed by atoms with van der Waals surface area (Å²) >= 11 is 0.776. The highest BCUT2D eigenvalue weighted by molar-refractivity contribution is 8.18. The summed E-state index contributed by atoms with van der Waals surface area (Å²) in [7, 11) is 1.44. The van der Waals surface area contributed by atoms with Crippen molar-refractivity contribution in [1.29, 1.82) is 0 Å². The van der Waals surface area contributed by atoms with Crippen LogP contribution in [0.1, 0.15) is 18.4 Å². The second-order valence-electron chi connectivity index (χ2n) is 7.48. The predicted octanol–water partition coefficient (Wildman–Crippen LogP) is 3.45. The predicted molar refractivity (Wildman–Crippen MR) is 122 cm³/mol. The van der Waals surface area contributed by atoms with Crippen molar-refractivity contribution >= 4 is 40.6 Å². The first kappa shape index (κ1) is 23.2. The lowest BCUT2D eigenvalue weighted by molar-refractivity contribution is -0.385. The van der Waals surface area contributed by atoms with Crippen molar-refractivity contribution in [2.45, 2.75) is 12.8 Å². The Morgan fingerprint density at radius 3 is 2.62 bits per heavy atom. The highest BCUT2D eigenvalue weighted by Gasteiger charge is 2.37. The van der Waals surface area contributed by atoms with Gasteiger partial charge in [-0.3, -0.25) is 29.4 Å². The quantitative estimate of drug-likeness (QED) is 0.329. The van der Waals surface area contributed by atoms with Crippen LogP contribution in [0.4, 0.5) is 10.5 Å². The summed E-state index contributed by atoms with van der Waals surface area (Å²) in [6.45, 7) is 1.03. The number of ether oxygens (including phenoxy) is 2. The van der Waals surface area contributed by atoms with Gasteiger partial charge < -0.3 is 14.4 Å². The molecule has 2 aliphatic rings. The normalized spacial score (nSPS) is 16.9. The zero-order valence-electron chi connectivity index (χ0n) is 18.1. The monoisotopic (exact) mass is 484 g/mol. The first-order valence-electron chi connectivity index (χ1n) is 10.3. The van der Waals surface area contributed by atoms with Gasteiger partial charge in [0.05, 0.1) is 16.9 Å². The third-order valence-electron chi connectivity index (χ3n) is 5.26. The number of carbonyl (C=O) groups excluding carboxylic acids is 3. The molecule has 2 aromatic rings. The maximum Gasteiger partial charge on any atom is 0.294 e. The number of hydrogen-bond donors (Lipinski definition) is 0. The second kappa shape index (κ2) is 9.91. The first-order chi connectivity index (χ1) is 16.4. The van der Waals surface area contributed by atoms with Crippen LogP contribution in [0.5, 0.6) is 17.4 Å². The van der Waals surface area contributed by atoms with E-state index in [1.54, 1.807) is 29.2 Å². The van der Waals surface area contributed by atoms with Crippen LogP contribution in [-0.2, 0) is 9.59 Å². The van der Waals surface area contributed by atoms with Crippen molar-refractivity contribution in [1.82, 2.24) is 14.8 Å². The molecule has 2 fully saturated rings. The lowest BCUT2D eigenvalue weighted by Gasteiger charge is -2.18. The van der Waals surface area contributed by atoms with Crippen molar-refractivity contribution in [2.24, 2.45) is 0 Å². The van der Waals surface area contributed by atoms with Gasteiger partial charge >= 0.3 is 0 Å². The lowest BCUT2D eigenvalue weighted by Crippen LogP contribution is -2.40. The SMILES string of the molecule is COc1cc(C=C2SC(=O)N(CC(=O)N3CCCC3)C2=O)ccc1Oc1ccc([N+](=O)[O-])cn1. The van der Waals surface area contributed by atoms with Crippen molar-refractivity contribution in [2.75, 3.05) is 26.7 Å². The molecule has 0 bridgehead atoms. The van der Waals surface area contributed by atoms with Crippen LogP contribution in [0.3, 0.4) is 0 Å². The van der Waals surface area contributed by atoms with E-state index in [1.165, 1.54) is 19.2 Å². The highest BCUT2D eigenvalue weighted by Crippen LogP contribution is 2.36. The number of likely N-dealkylation sites (tertiary alicyclic amines) is 1. The number of methoxy groups -OCH3 is 1. The number of nitro groups is 1. The summed E-state index contributed by atoms with van der Waals surface area (Å²) in [5, 5.41) is 10.3. The van der Waals surface area contributed by atoms with Crippen molar-refractivity contribution in [3.63, 3.8) is 0 Å². The number of pyridine rings is 1. The molecule has 0 atom stereocenters. The first-order valence-corrected chi connectivity index (χ1v) is 11.2. The summed E-state index contributed by atoms with van der Waals surface area (Å²) in [6.07, 6.45) is 4.48. The molecule has 4 rings (SSSR count). The van der Waals surface area contributed by atoms with Crippen molar-refractivity contribution in [3.05, 3.63) is 57.1 Å². The third kappa shape index (κ3) is 5.01. The molecule has 176 valence electrons. The standard InChI is InChI=1S/C22H20N4O7S/c1-32-17-10-14(4-6-16(17)33-19-7-5-15(12-23-19)26(30)31)11-18-21(28)25(22(29)34-18)13-20(27)24-8-2-3-9-24/h4-7,10-12H,2-3,8-9,13H2,1H3. The Bertz CT molecular complexity index is 1180. The van der Waals surface area contributed by atoms with Gasteiger partial charge in [0.1, 0.15) is 12.7 Å². The second-order valence-corrected chi connectivity index (χ2v) is 8.47. The molecule has 12 heteroatoms. The van der Waals surface area contributed by atoms with E-state index in [-0.39, 0.29) is 28.9 Å². The Kier molecular flexibility index (Phi) is 6.77. The van der Waals surface area contributed by atoms with Crippen LogP contribution in [0, 0.1) is 10.1 Å². The van der Waals surface area contributed by atoms with Crippen LogP contribution in [0.15, 0.2) is 41.4 Å². The minimum Gasteiger partial charge on any atom is -0.493 e. The van der Waals surface area contributed by atoms with Gasteiger partial charge in [0.2, 0.25) is 11.8 Å². The van der Waals surface area contributed by atoms with Gasteiger partial charge in [0.15, 0.2) is 11.5 Å². The Labute approximate surface area is 198 Å². The summed E-state index contributed by atoms with van der Waals surface area (Å²) in [4.78, 5) is 54.4. The Morgan fingerprint density at radius 2 is 1.97 bits per heavy atom. The molecule has 34 heavy (non-hydrogen) atoms. The Hall–Kier alpha value is -3.93. The zero-order chi connectivity index (χ0) is 24.2. The number of imide groups is 1. The number of hydrogen-bond acceptors (Lipinski definition) is 9. The number of benzene rings is 1. The molecule has 3 amide bonds. The van der Waals surface area contributed by atoms with E-state index in [9.17, 15) is 24.5 Å². The molecule has 0 N–H and O–H groups in total. The molecule has 1 aromatic carbocycles. The molecule has 0 unspecified atom stereocenters. The number of thioether (sulfide) groups is 1. The summed E-state index contributed by atoms with van der Waals surface area (Å²) < 4.78 is 11.0. The van der Waals surface area contributed by atoms with Crippen LogP contribution in [-0.4, -0.2) is 63.5 Å². The van der Waals surface area contributed by atoms with Gasteiger partial charge in [-0.05, 0) is 48.4 Å². The lowest BCUT2D eigenvalue weighted by atomic mass is 10.2. The summed E-state index contributed by atoms with van der Waals surface area (Å²) in [6, 6.07) is 7.50. The number of aromatic nitrogens is 1. The molecule has 1 aromatic heterocycles. The fourth-order valence-corrected chi connectivity index (χ4v) is 4.34. The minimum absolute atomic E-state index is 0.139. The van der Waals surface area contributed by atoms with Crippen molar-refractivity contribution in [3.8, 4) is 17.4 Å². The fourth-order valence-electron chi connectivity index (χ4n) is 3.50. The van der Waals surface area contributed by atoms with Gasteiger partial charge in [-0.2, -0.15) is 0 Å². The number of rotatable bonds is 7. The van der Waals surface area contributed by atoms with E-state index in [1.807, 2.05) is 0 Å². The topological polar surface area (TPSA) is 132 Å². The summed E-state index contributed by atoms with van der Waals surface area (Å²) in [5.41, 5.74) is 0.419. The van der Waals surface area contributed by atoms with E-state index in [0.717, 1.165) is 35.7 Å². The molecule has 0 spiro atoms. The zero-order valence-corrected chi connectivity index (χ0v) is 18.9. The van der Waals surface area contributed by atoms with Gasteiger partial charge in [-0.1, -0.05) is 6.07 Å². The molecular formula is C22H20N4O7S. The van der Waals surface area contributed by atoms with Crippen LogP contribution in [0.25, 0.3) is 6.08 Å². The third-order valence-corrected chi connectivity index (χ3v) is 6.16. The average molecular weight is 484 g/mol. The van der Waals surface area contributed by atoms with Gasteiger partial charge in [-0.25, -0.2) is 4.98 Å². The number of nitrogens with zero attached hydrogens (tertiary/aromatic N) is 4. The van der Waals surface area contributed by atoms with Crippen LogP contribution in [0.2, 0.25) is 0 Å². The van der Waals surface area contributed by atoms with E-state index >= 15 is 0 Å². The molecular weight excluding hydrogens is 464 g/mol. The van der Waals surface area contributed by atoms with Crippen LogP contribution >= 0.6 is 11.8 Å². The minimum atomic E-state index is -0.559. The maximum atomic E-state index is 12.7. The van der Waals surface area contributed by atoms with Gasteiger partial charge in [0, 0.05) is 25.2 Å². The van der Waals surface area contributed by atoms with E-state index in [4.69, 9.17) is 9.47 Å². The molecule has 2 saturated heterocycles. The molecule has 3 heterocycles. The fraction of sp³-hybridized carbons (Fsp3) is 0.273. The highest BCUT2D eigenvalue weighted by atomic mass is 32.2. The largest absolute Gasteiger partial charge is 0.493 e. The molecule has 2 aliphatic heterocycles. The van der Waals surface area contributed by atoms with E-state index in [2.05, 4.69) is 4.98 Å². The van der Waals surface area contributed by atoms with Crippen LogP contribution < -0.4 is 9.47 Å². The van der Waals surface area contributed by atoms with E-state index in [0.29, 0.717) is 30.2 Å². The smallest absolute Gasteiger partial charge is 0.294 e. The Morgan fingerprint density at radius 1 is 1.21 bits per heavy atom. The van der Waals surface area contributed by atoms with Gasteiger partial charge in [0.25, 0.3) is 16.8 Å². The van der Waals surface area contributed by atoms with E-state index < -0.39 is 16.1 Å². The van der Waals surface area contributed by atoms with Gasteiger partial charge in [-0.15, -0.1) is 0 Å². The molecule has 0 radical (unpaired) electrons. The molecule has 0 saturated carbocycles. The molecule has 0 aliphatic carbocycles. The summed E-state index contributed by atoms with van der Waals surface area (Å²) in [5.74, 6) is 0.0316. The number of carbonyl (C=O) groups is 3. The maximum absolute atomic E-state index is 12.7.